The highest BCUT2D eigenvalue weighted by Crippen LogP contribution is 2.32. The molecule has 0 aromatic heterocycles. The Morgan fingerprint density at radius 3 is 2.83 bits per heavy atom. The first kappa shape index (κ1) is 8.16. The highest BCUT2D eigenvalue weighted by atomic mass is 127. The lowest BCUT2D eigenvalue weighted by molar-refractivity contribution is 1.14. The summed E-state index contributed by atoms with van der Waals surface area (Å²) in [7, 11) is 0. The molecule has 0 amide bonds. The Hall–Kier alpha value is -0.450. The van der Waals surface area contributed by atoms with Crippen LogP contribution in [0.3, 0.4) is 0 Å². The van der Waals surface area contributed by atoms with E-state index in [4.69, 9.17) is 5.73 Å². The molecule has 0 aliphatic carbocycles. The Bertz CT molecular complexity index is 311. The highest BCUT2D eigenvalue weighted by molar-refractivity contribution is 14.1. The van der Waals surface area contributed by atoms with Gasteiger partial charge in [-0.05, 0) is 47.7 Å². The van der Waals surface area contributed by atoms with Crippen molar-refractivity contribution < 1.29 is 0 Å². The average Bonchev–Trinajstić information content (AvgIpc) is 2.73. The zero-order valence-electron chi connectivity index (χ0n) is 6.92. The number of benzene rings is 1. The van der Waals surface area contributed by atoms with Crippen molar-refractivity contribution in [2.75, 3.05) is 17.2 Å². The van der Waals surface area contributed by atoms with Crippen LogP contribution in [-0.2, 0) is 0 Å². The lowest BCUT2D eigenvalue weighted by Gasteiger charge is -2.07. The molecule has 1 aromatic carbocycles. The Kier molecular flexibility index (Phi) is 1.90. The minimum atomic E-state index is 0.695. The fraction of sp³-hybridized carbons (Fsp3) is 0.333. The number of halogens is 1. The van der Waals surface area contributed by atoms with E-state index in [1.165, 1.54) is 15.8 Å². The lowest BCUT2D eigenvalue weighted by atomic mass is 10.3. The fourth-order valence-electron chi connectivity index (χ4n) is 1.32. The number of hydrogen-bond acceptors (Lipinski definition) is 2. The molecule has 1 aliphatic heterocycles. The first-order valence-corrected chi connectivity index (χ1v) is 5.08. The second kappa shape index (κ2) is 2.80. The van der Waals surface area contributed by atoms with E-state index in [0.717, 1.165) is 5.69 Å². The van der Waals surface area contributed by atoms with E-state index in [1.54, 1.807) is 0 Å². The molecule has 64 valence electrons. The minimum Gasteiger partial charge on any atom is -0.399 e. The molecule has 2 N–H and O–H groups in total. The van der Waals surface area contributed by atoms with Crippen LogP contribution in [0.2, 0.25) is 0 Å². The minimum absolute atomic E-state index is 0.695. The molecule has 3 heteroatoms. The van der Waals surface area contributed by atoms with Crippen LogP contribution < -0.4 is 10.6 Å². The Balaban J connectivity index is 2.36. The second-order valence-corrected chi connectivity index (χ2v) is 4.37. The van der Waals surface area contributed by atoms with Crippen LogP contribution in [0, 0.1) is 3.57 Å². The third-order valence-corrected chi connectivity index (χ3v) is 3.05. The van der Waals surface area contributed by atoms with Crippen molar-refractivity contribution in [3.05, 3.63) is 21.8 Å². The van der Waals surface area contributed by atoms with Crippen molar-refractivity contribution in [3.8, 4) is 0 Å². The van der Waals surface area contributed by atoms with Gasteiger partial charge in [0.05, 0.1) is 5.69 Å². The van der Waals surface area contributed by atoms with Gasteiger partial charge in [0, 0.05) is 21.8 Å². The molecule has 0 saturated carbocycles. The van der Waals surface area contributed by atoms with Crippen molar-refractivity contribution in [2.24, 2.45) is 0 Å². The van der Waals surface area contributed by atoms with Gasteiger partial charge >= 0.3 is 0 Å². The van der Waals surface area contributed by atoms with Crippen molar-refractivity contribution in [3.63, 3.8) is 0 Å². The zero-order chi connectivity index (χ0) is 8.72. The Labute approximate surface area is 85.9 Å². The number of nitrogen functional groups attached to an aromatic ring is 1. The number of hydrogen-bond donors (Lipinski definition) is 1. The van der Waals surface area contributed by atoms with Gasteiger partial charge in [-0.1, -0.05) is 0 Å². The number of rotatable bonds is 1. The van der Waals surface area contributed by atoms with E-state index in [9.17, 15) is 0 Å². The van der Waals surface area contributed by atoms with Crippen molar-refractivity contribution in [1.82, 2.24) is 0 Å². The molecular formula is C9H11IN2. The lowest BCUT2D eigenvalue weighted by Crippen LogP contribution is -1.98. The summed E-state index contributed by atoms with van der Waals surface area (Å²) in [6, 6.07) is 6.75. The maximum atomic E-state index is 5.71. The molecule has 1 aliphatic rings. The van der Waals surface area contributed by atoms with Gasteiger partial charge in [-0.3, -0.25) is 0 Å². The van der Waals surface area contributed by atoms with Gasteiger partial charge in [0.25, 0.3) is 0 Å². The quantitative estimate of drug-likeness (QED) is 0.482. The predicted molar refractivity (Wildman–Crippen MR) is 60.4 cm³/mol. The first-order valence-electron chi connectivity index (χ1n) is 4.00. The van der Waals surface area contributed by atoms with Gasteiger partial charge < -0.3 is 10.6 Å². The van der Waals surface area contributed by atoms with Crippen molar-refractivity contribution in [1.29, 1.82) is 0 Å². The van der Waals surface area contributed by atoms with Crippen LogP contribution in [-0.4, -0.2) is 12.6 Å². The number of anilines is 2. The second-order valence-electron chi connectivity index (χ2n) is 3.21. The third kappa shape index (κ3) is 1.37. The smallest absolute Gasteiger partial charge is 0.0526 e. The van der Waals surface area contributed by atoms with E-state index in [0.29, 0.717) is 6.04 Å². The molecule has 0 spiro atoms. The summed E-state index contributed by atoms with van der Waals surface area (Å²) < 4.78 is 1.28. The average molecular weight is 274 g/mol. The molecule has 2 rings (SSSR count). The zero-order valence-corrected chi connectivity index (χ0v) is 9.08. The standard InChI is InChI=1S/C9H11IN2/c1-6-5-12(6)9-4-7(11)2-3-8(9)10/h2-4,6H,5,11H2,1H3. The summed E-state index contributed by atoms with van der Waals surface area (Å²) in [5.41, 5.74) is 7.84. The van der Waals surface area contributed by atoms with E-state index >= 15 is 0 Å². The summed E-state index contributed by atoms with van der Waals surface area (Å²) in [6.07, 6.45) is 0. The van der Waals surface area contributed by atoms with Gasteiger partial charge in [0.15, 0.2) is 0 Å². The fourth-order valence-corrected chi connectivity index (χ4v) is 1.97. The van der Waals surface area contributed by atoms with Crippen LogP contribution in [0.1, 0.15) is 6.92 Å². The molecule has 1 aromatic rings. The van der Waals surface area contributed by atoms with Gasteiger partial charge in [0.1, 0.15) is 0 Å². The van der Waals surface area contributed by atoms with E-state index in [1.807, 2.05) is 12.1 Å². The summed E-state index contributed by atoms with van der Waals surface area (Å²) in [4.78, 5) is 2.35. The van der Waals surface area contributed by atoms with Gasteiger partial charge in [-0.25, -0.2) is 0 Å². The molecule has 0 radical (unpaired) electrons. The predicted octanol–water partition coefficient (Wildman–Crippen LogP) is 2.08. The van der Waals surface area contributed by atoms with Crippen LogP contribution in [0.25, 0.3) is 0 Å². The summed E-state index contributed by atoms with van der Waals surface area (Å²) >= 11 is 2.35. The van der Waals surface area contributed by atoms with Gasteiger partial charge in [-0.2, -0.15) is 0 Å². The molecule has 1 saturated heterocycles. The largest absolute Gasteiger partial charge is 0.399 e. The molecule has 0 bridgehead atoms. The molecule has 1 fully saturated rings. The maximum Gasteiger partial charge on any atom is 0.0526 e. The first-order chi connectivity index (χ1) is 5.68. The monoisotopic (exact) mass is 274 g/mol. The number of nitrogens with two attached hydrogens (primary N) is 1. The normalized spacial score (nSPS) is 21.2. The molecule has 1 unspecified atom stereocenters. The Morgan fingerprint density at radius 1 is 1.58 bits per heavy atom. The summed E-state index contributed by atoms with van der Waals surface area (Å²) in [6.45, 7) is 3.39. The van der Waals surface area contributed by atoms with E-state index in [2.05, 4.69) is 40.5 Å². The van der Waals surface area contributed by atoms with Crippen LogP contribution in [0.15, 0.2) is 18.2 Å². The third-order valence-electron chi connectivity index (χ3n) is 2.14. The topological polar surface area (TPSA) is 29.0 Å². The van der Waals surface area contributed by atoms with Gasteiger partial charge in [-0.15, -0.1) is 0 Å². The maximum absolute atomic E-state index is 5.71. The summed E-state index contributed by atoms with van der Waals surface area (Å²) in [5, 5.41) is 0. The Morgan fingerprint density at radius 2 is 2.25 bits per heavy atom. The van der Waals surface area contributed by atoms with E-state index in [-0.39, 0.29) is 0 Å². The molecular weight excluding hydrogens is 263 g/mol. The molecule has 12 heavy (non-hydrogen) atoms. The molecule has 2 nitrogen and oxygen atoms in total. The molecule has 1 atom stereocenters. The SMILES string of the molecule is CC1CN1c1cc(N)ccc1I. The summed E-state index contributed by atoms with van der Waals surface area (Å²) in [5.74, 6) is 0. The molecule has 1 heterocycles. The van der Waals surface area contributed by atoms with Crippen molar-refractivity contribution >= 4 is 34.0 Å². The van der Waals surface area contributed by atoms with Crippen LogP contribution in [0.5, 0.6) is 0 Å². The van der Waals surface area contributed by atoms with Crippen molar-refractivity contribution in [2.45, 2.75) is 13.0 Å². The number of nitrogens with zero attached hydrogens (tertiary/aromatic N) is 1. The van der Waals surface area contributed by atoms with Crippen LogP contribution in [0.4, 0.5) is 11.4 Å². The van der Waals surface area contributed by atoms with Crippen LogP contribution >= 0.6 is 22.6 Å². The highest BCUT2D eigenvalue weighted by Gasteiger charge is 2.30. The van der Waals surface area contributed by atoms with Gasteiger partial charge in [0.2, 0.25) is 0 Å². The van der Waals surface area contributed by atoms with E-state index < -0.39 is 0 Å².